The number of carbonyl (C=O) groups excluding carboxylic acids is 4. The molecule has 0 fully saturated rings. The van der Waals surface area contributed by atoms with Crippen molar-refractivity contribution in [1.29, 1.82) is 0 Å². The SMILES string of the molecule is COc1ccc(/C=C/C(=O)N[C@@H](C)C(=O)OCC(=O)Nc2sccc2C(N)=O)cc1. The Hall–Kier alpha value is -3.66. The highest BCUT2D eigenvalue weighted by molar-refractivity contribution is 7.14. The number of amides is 3. The molecule has 1 aromatic heterocycles. The Labute approximate surface area is 176 Å². The van der Waals surface area contributed by atoms with Gasteiger partial charge < -0.3 is 25.8 Å². The van der Waals surface area contributed by atoms with Gasteiger partial charge in [-0.05, 0) is 42.1 Å². The monoisotopic (exact) mass is 431 g/mol. The summed E-state index contributed by atoms with van der Waals surface area (Å²) in [5.74, 6) is -1.89. The molecule has 0 aliphatic rings. The van der Waals surface area contributed by atoms with Gasteiger partial charge in [-0.2, -0.15) is 0 Å². The van der Waals surface area contributed by atoms with Crippen LogP contribution in [-0.2, 0) is 19.1 Å². The summed E-state index contributed by atoms with van der Waals surface area (Å²) in [6, 6.07) is 7.57. The molecular weight excluding hydrogens is 410 g/mol. The molecule has 2 aromatic rings. The quantitative estimate of drug-likeness (QED) is 0.407. The highest BCUT2D eigenvalue weighted by Crippen LogP contribution is 2.22. The van der Waals surface area contributed by atoms with Crippen LogP contribution in [0.2, 0.25) is 0 Å². The van der Waals surface area contributed by atoms with E-state index in [4.69, 9.17) is 15.2 Å². The molecule has 0 bridgehead atoms. The third kappa shape index (κ3) is 6.74. The molecule has 0 saturated heterocycles. The summed E-state index contributed by atoms with van der Waals surface area (Å²) in [5, 5.41) is 6.77. The fraction of sp³-hybridized carbons (Fsp3) is 0.200. The second-order valence-corrected chi connectivity index (χ2v) is 6.94. The maximum Gasteiger partial charge on any atom is 0.328 e. The molecule has 0 radical (unpaired) electrons. The summed E-state index contributed by atoms with van der Waals surface area (Å²) in [5.41, 5.74) is 6.15. The van der Waals surface area contributed by atoms with E-state index in [1.165, 1.54) is 19.1 Å². The van der Waals surface area contributed by atoms with Crippen molar-refractivity contribution < 1.29 is 28.7 Å². The van der Waals surface area contributed by atoms with Crippen molar-refractivity contribution in [3.05, 3.63) is 52.9 Å². The fourth-order valence-electron chi connectivity index (χ4n) is 2.23. The topological polar surface area (TPSA) is 137 Å². The number of carbonyl (C=O) groups is 4. The van der Waals surface area contributed by atoms with Gasteiger partial charge in [0.15, 0.2) is 6.61 Å². The van der Waals surface area contributed by atoms with E-state index >= 15 is 0 Å². The lowest BCUT2D eigenvalue weighted by Crippen LogP contribution is -2.39. The van der Waals surface area contributed by atoms with E-state index in [0.717, 1.165) is 16.9 Å². The van der Waals surface area contributed by atoms with E-state index in [-0.39, 0.29) is 10.6 Å². The third-order valence-electron chi connectivity index (χ3n) is 3.78. The molecule has 30 heavy (non-hydrogen) atoms. The van der Waals surface area contributed by atoms with Crippen LogP contribution in [0.1, 0.15) is 22.8 Å². The predicted octanol–water partition coefficient (Wildman–Crippen LogP) is 1.56. The van der Waals surface area contributed by atoms with Gasteiger partial charge in [-0.3, -0.25) is 14.4 Å². The van der Waals surface area contributed by atoms with E-state index in [2.05, 4.69) is 10.6 Å². The van der Waals surface area contributed by atoms with Crippen molar-refractivity contribution in [2.75, 3.05) is 19.0 Å². The second-order valence-electron chi connectivity index (χ2n) is 6.02. The molecule has 1 aromatic carbocycles. The zero-order chi connectivity index (χ0) is 22.1. The molecular formula is C20H21N3O6S. The predicted molar refractivity (Wildman–Crippen MR) is 112 cm³/mol. The number of methoxy groups -OCH3 is 1. The Bertz CT molecular complexity index is 952. The fourth-order valence-corrected chi connectivity index (χ4v) is 3.04. The summed E-state index contributed by atoms with van der Waals surface area (Å²) >= 11 is 1.12. The van der Waals surface area contributed by atoms with Crippen LogP contribution in [0.4, 0.5) is 5.00 Å². The Morgan fingerprint density at radius 1 is 1.17 bits per heavy atom. The molecule has 9 nitrogen and oxygen atoms in total. The van der Waals surface area contributed by atoms with E-state index in [9.17, 15) is 19.2 Å². The maximum atomic E-state index is 12.0. The lowest BCUT2D eigenvalue weighted by Gasteiger charge is -2.12. The average molecular weight is 431 g/mol. The number of rotatable bonds is 9. The number of anilines is 1. The van der Waals surface area contributed by atoms with E-state index in [1.807, 2.05) is 0 Å². The third-order valence-corrected chi connectivity index (χ3v) is 4.61. The van der Waals surface area contributed by atoms with Crippen molar-refractivity contribution in [2.24, 2.45) is 5.73 Å². The molecule has 0 saturated carbocycles. The van der Waals surface area contributed by atoms with Crippen LogP contribution in [0.3, 0.4) is 0 Å². The second kappa shape index (κ2) is 10.8. The molecule has 1 heterocycles. The molecule has 10 heteroatoms. The molecule has 4 N–H and O–H groups in total. The van der Waals surface area contributed by atoms with Gasteiger partial charge in [0.25, 0.3) is 11.8 Å². The molecule has 2 rings (SSSR count). The number of primary amides is 1. The Morgan fingerprint density at radius 2 is 1.87 bits per heavy atom. The smallest absolute Gasteiger partial charge is 0.328 e. The first-order valence-corrected chi connectivity index (χ1v) is 9.64. The van der Waals surface area contributed by atoms with Gasteiger partial charge in [0.1, 0.15) is 16.8 Å². The summed E-state index contributed by atoms with van der Waals surface area (Å²) in [6.45, 7) is 0.862. The maximum absolute atomic E-state index is 12.0. The summed E-state index contributed by atoms with van der Waals surface area (Å²) < 4.78 is 9.94. The molecule has 0 spiro atoms. The van der Waals surface area contributed by atoms with Gasteiger partial charge in [0, 0.05) is 6.08 Å². The van der Waals surface area contributed by atoms with Gasteiger partial charge in [-0.1, -0.05) is 12.1 Å². The zero-order valence-corrected chi connectivity index (χ0v) is 17.2. The minimum absolute atomic E-state index is 0.170. The Morgan fingerprint density at radius 3 is 2.50 bits per heavy atom. The van der Waals surface area contributed by atoms with Crippen LogP contribution in [0.5, 0.6) is 5.75 Å². The first-order valence-electron chi connectivity index (χ1n) is 8.76. The number of thiophene rings is 1. The minimum atomic E-state index is -0.964. The van der Waals surface area contributed by atoms with E-state index < -0.39 is 36.3 Å². The summed E-state index contributed by atoms with van der Waals surface area (Å²) in [4.78, 5) is 47.1. The number of esters is 1. The van der Waals surface area contributed by atoms with Crippen LogP contribution < -0.4 is 21.1 Å². The van der Waals surface area contributed by atoms with Crippen LogP contribution in [0.15, 0.2) is 41.8 Å². The van der Waals surface area contributed by atoms with Crippen molar-refractivity contribution in [1.82, 2.24) is 5.32 Å². The zero-order valence-electron chi connectivity index (χ0n) is 16.3. The van der Waals surface area contributed by atoms with Crippen molar-refractivity contribution in [3.63, 3.8) is 0 Å². The van der Waals surface area contributed by atoms with E-state index in [1.54, 1.807) is 42.8 Å². The first-order chi connectivity index (χ1) is 14.3. The molecule has 0 unspecified atom stereocenters. The van der Waals surface area contributed by atoms with Crippen molar-refractivity contribution >= 4 is 46.1 Å². The molecule has 0 aliphatic heterocycles. The number of benzene rings is 1. The number of ether oxygens (including phenoxy) is 2. The van der Waals surface area contributed by atoms with Gasteiger partial charge in [-0.15, -0.1) is 11.3 Å². The van der Waals surface area contributed by atoms with Crippen LogP contribution in [0.25, 0.3) is 6.08 Å². The standard InChI is InChI=1S/C20H21N3O6S/c1-12(22-16(24)8-5-13-3-6-14(28-2)7-4-13)20(27)29-11-17(25)23-19-15(18(21)26)9-10-30-19/h3-10,12H,11H2,1-2H3,(H2,21,26)(H,22,24)(H,23,25)/b8-5+/t12-/m0/s1. The van der Waals surface area contributed by atoms with Crippen LogP contribution in [0, 0.1) is 0 Å². The van der Waals surface area contributed by atoms with Gasteiger partial charge in [0.05, 0.1) is 12.7 Å². The number of nitrogens with one attached hydrogen (secondary N) is 2. The lowest BCUT2D eigenvalue weighted by atomic mass is 10.2. The highest BCUT2D eigenvalue weighted by atomic mass is 32.1. The first kappa shape index (κ1) is 22.6. The largest absolute Gasteiger partial charge is 0.497 e. The number of hydrogen-bond acceptors (Lipinski definition) is 7. The minimum Gasteiger partial charge on any atom is -0.497 e. The molecule has 3 amide bonds. The normalized spacial score (nSPS) is 11.5. The van der Waals surface area contributed by atoms with Gasteiger partial charge in [0.2, 0.25) is 5.91 Å². The molecule has 0 aliphatic carbocycles. The van der Waals surface area contributed by atoms with Crippen LogP contribution >= 0.6 is 11.3 Å². The van der Waals surface area contributed by atoms with Gasteiger partial charge in [-0.25, -0.2) is 4.79 Å². The number of nitrogens with two attached hydrogens (primary N) is 1. The Balaban J connectivity index is 1.78. The van der Waals surface area contributed by atoms with Gasteiger partial charge >= 0.3 is 5.97 Å². The van der Waals surface area contributed by atoms with E-state index in [0.29, 0.717) is 5.75 Å². The summed E-state index contributed by atoms with van der Waals surface area (Å²) in [6.07, 6.45) is 2.86. The molecule has 158 valence electrons. The highest BCUT2D eigenvalue weighted by Gasteiger charge is 2.18. The van der Waals surface area contributed by atoms with Crippen molar-refractivity contribution in [2.45, 2.75) is 13.0 Å². The lowest BCUT2D eigenvalue weighted by molar-refractivity contribution is -0.149. The number of hydrogen-bond donors (Lipinski definition) is 3. The average Bonchev–Trinajstić information content (AvgIpc) is 3.19. The Kier molecular flexibility index (Phi) is 8.12. The van der Waals surface area contributed by atoms with Crippen LogP contribution in [-0.4, -0.2) is 43.4 Å². The molecule has 1 atom stereocenters. The summed E-state index contributed by atoms with van der Waals surface area (Å²) in [7, 11) is 1.56. The van der Waals surface area contributed by atoms with Crippen molar-refractivity contribution in [3.8, 4) is 5.75 Å².